The van der Waals surface area contributed by atoms with Crippen LogP contribution in [0.15, 0.2) is 32.3 Å². The third kappa shape index (κ3) is 3.60. The summed E-state index contributed by atoms with van der Waals surface area (Å²) in [5.74, 6) is -0.566. The Labute approximate surface area is 153 Å². The van der Waals surface area contributed by atoms with Gasteiger partial charge in [-0.15, -0.1) is 5.10 Å². The Bertz CT molecular complexity index is 1010. The molecule has 2 aromatic rings. The lowest BCUT2D eigenvalue weighted by Gasteiger charge is -2.27. The predicted octanol–water partition coefficient (Wildman–Crippen LogP) is 0.434. The van der Waals surface area contributed by atoms with E-state index in [9.17, 15) is 18.0 Å². The standard InChI is InChI=1S/C15H15N5O6S/c21-12-4-3-10(19-20(12)9-5-7-27(23,24)8-9)13(22)16-15-18-17-14(26-15)11-2-1-6-25-11/h1-2,6,9H,3-5,7-8H2,(H,16,18,22). The number of hydrazone groups is 1. The summed E-state index contributed by atoms with van der Waals surface area (Å²) >= 11 is 0. The van der Waals surface area contributed by atoms with E-state index in [1.54, 1.807) is 12.1 Å². The number of aromatic nitrogens is 2. The number of nitrogens with one attached hydrogen (secondary N) is 1. The molecule has 1 unspecified atom stereocenters. The Kier molecular flexibility index (Phi) is 4.26. The van der Waals surface area contributed by atoms with Gasteiger partial charge in [-0.25, -0.2) is 13.4 Å². The molecule has 0 bridgehead atoms. The molecule has 0 aromatic carbocycles. The molecule has 2 aliphatic heterocycles. The van der Waals surface area contributed by atoms with Crippen molar-refractivity contribution in [3.8, 4) is 11.7 Å². The van der Waals surface area contributed by atoms with Crippen LogP contribution in [0.4, 0.5) is 6.01 Å². The van der Waals surface area contributed by atoms with E-state index in [-0.39, 0.29) is 47.9 Å². The van der Waals surface area contributed by atoms with Gasteiger partial charge in [-0.05, 0) is 18.6 Å². The first-order chi connectivity index (χ1) is 12.9. The number of rotatable bonds is 4. The summed E-state index contributed by atoms with van der Waals surface area (Å²) in [4.78, 5) is 24.5. The maximum absolute atomic E-state index is 12.4. The summed E-state index contributed by atoms with van der Waals surface area (Å²) in [5, 5.41) is 15.1. The van der Waals surface area contributed by atoms with Gasteiger partial charge >= 0.3 is 6.01 Å². The summed E-state index contributed by atoms with van der Waals surface area (Å²) in [6, 6.07) is 2.60. The predicted molar refractivity (Wildman–Crippen MR) is 91.2 cm³/mol. The first-order valence-electron chi connectivity index (χ1n) is 8.20. The number of hydrogen-bond donors (Lipinski definition) is 1. The number of carbonyl (C=O) groups excluding carboxylic acids is 2. The van der Waals surface area contributed by atoms with E-state index in [2.05, 4.69) is 20.6 Å². The van der Waals surface area contributed by atoms with Crippen LogP contribution < -0.4 is 5.32 Å². The lowest BCUT2D eigenvalue weighted by molar-refractivity contribution is -0.133. The van der Waals surface area contributed by atoms with Crippen LogP contribution in [-0.4, -0.2) is 58.7 Å². The van der Waals surface area contributed by atoms with E-state index in [1.165, 1.54) is 6.26 Å². The fourth-order valence-electron chi connectivity index (χ4n) is 2.93. The number of carbonyl (C=O) groups is 2. The third-order valence-corrected chi connectivity index (χ3v) is 6.00. The number of furan rings is 1. The number of amides is 2. The SMILES string of the molecule is O=C(Nc1nnc(-c2ccco2)o1)C1=NN(C2CCS(=O)(=O)C2)C(=O)CC1. The first kappa shape index (κ1) is 17.4. The van der Waals surface area contributed by atoms with E-state index in [0.29, 0.717) is 12.2 Å². The Hall–Kier alpha value is -3.02. The van der Waals surface area contributed by atoms with Crippen LogP contribution in [0.2, 0.25) is 0 Å². The van der Waals surface area contributed by atoms with E-state index in [0.717, 1.165) is 5.01 Å². The molecule has 27 heavy (non-hydrogen) atoms. The van der Waals surface area contributed by atoms with Gasteiger partial charge in [-0.3, -0.25) is 14.9 Å². The lowest BCUT2D eigenvalue weighted by Crippen LogP contribution is -2.42. The smallest absolute Gasteiger partial charge is 0.322 e. The Morgan fingerprint density at radius 2 is 2.15 bits per heavy atom. The zero-order valence-corrected chi connectivity index (χ0v) is 14.8. The first-order valence-corrected chi connectivity index (χ1v) is 10.0. The van der Waals surface area contributed by atoms with Gasteiger partial charge < -0.3 is 8.83 Å². The van der Waals surface area contributed by atoms with Crippen molar-refractivity contribution in [2.45, 2.75) is 25.3 Å². The molecule has 0 spiro atoms. The van der Waals surface area contributed by atoms with E-state index in [4.69, 9.17) is 8.83 Å². The minimum Gasteiger partial charge on any atom is -0.459 e. The molecule has 2 aliphatic rings. The zero-order chi connectivity index (χ0) is 19.0. The molecule has 4 rings (SSSR count). The average Bonchev–Trinajstić information content (AvgIpc) is 3.35. The van der Waals surface area contributed by atoms with Crippen LogP contribution in [0.3, 0.4) is 0 Å². The second-order valence-corrected chi connectivity index (χ2v) is 8.41. The third-order valence-electron chi connectivity index (χ3n) is 4.25. The molecule has 1 N–H and O–H groups in total. The second kappa shape index (κ2) is 6.61. The summed E-state index contributed by atoms with van der Waals surface area (Å²) in [6.07, 6.45) is 1.97. The normalized spacial score (nSPS) is 21.9. The van der Waals surface area contributed by atoms with Gasteiger partial charge in [-0.2, -0.15) is 5.10 Å². The molecule has 0 aliphatic carbocycles. The van der Waals surface area contributed by atoms with Crippen molar-refractivity contribution in [2.75, 3.05) is 16.8 Å². The van der Waals surface area contributed by atoms with Gasteiger partial charge in [0, 0.05) is 12.8 Å². The van der Waals surface area contributed by atoms with Crippen molar-refractivity contribution in [3.63, 3.8) is 0 Å². The number of hydrogen-bond acceptors (Lipinski definition) is 9. The molecule has 12 heteroatoms. The number of anilines is 1. The topological polar surface area (TPSA) is 148 Å². The second-order valence-electron chi connectivity index (χ2n) is 6.19. The summed E-state index contributed by atoms with van der Waals surface area (Å²) in [5.41, 5.74) is 0.0941. The number of nitrogens with zero attached hydrogens (tertiary/aromatic N) is 4. The molecule has 1 saturated heterocycles. The highest BCUT2D eigenvalue weighted by Gasteiger charge is 2.37. The zero-order valence-electron chi connectivity index (χ0n) is 14.0. The van der Waals surface area contributed by atoms with Crippen LogP contribution in [0, 0.1) is 0 Å². The fourth-order valence-corrected chi connectivity index (χ4v) is 4.62. The quantitative estimate of drug-likeness (QED) is 0.786. The van der Waals surface area contributed by atoms with Gasteiger partial charge in [0.1, 0.15) is 5.71 Å². The molecule has 0 radical (unpaired) electrons. The molecular weight excluding hydrogens is 378 g/mol. The van der Waals surface area contributed by atoms with Crippen LogP contribution >= 0.6 is 0 Å². The molecule has 1 fully saturated rings. The molecule has 2 aromatic heterocycles. The fraction of sp³-hybridized carbons (Fsp3) is 0.400. The largest absolute Gasteiger partial charge is 0.459 e. The van der Waals surface area contributed by atoms with Crippen molar-refractivity contribution in [1.82, 2.24) is 15.2 Å². The molecule has 11 nitrogen and oxygen atoms in total. The van der Waals surface area contributed by atoms with Gasteiger partial charge in [0.25, 0.3) is 11.8 Å². The van der Waals surface area contributed by atoms with E-state index >= 15 is 0 Å². The maximum atomic E-state index is 12.4. The highest BCUT2D eigenvalue weighted by atomic mass is 32.2. The number of sulfone groups is 1. The minimum absolute atomic E-state index is 0.00996. The molecule has 142 valence electrons. The highest BCUT2D eigenvalue weighted by Crippen LogP contribution is 2.23. The van der Waals surface area contributed by atoms with Crippen molar-refractivity contribution in [1.29, 1.82) is 0 Å². The van der Waals surface area contributed by atoms with Crippen molar-refractivity contribution >= 4 is 33.4 Å². The van der Waals surface area contributed by atoms with E-state index in [1.807, 2.05) is 0 Å². The van der Waals surface area contributed by atoms with Crippen LogP contribution in [-0.2, 0) is 19.4 Å². The molecule has 4 heterocycles. The van der Waals surface area contributed by atoms with Gasteiger partial charge in [-0.1, -0.05) is 5.10 Å². The monoisotopic (exact) mass is 393 g/mol. The molecule has 1 atom stereocenters. The van der Waals surface area contributed by atoms with Crippen LogP contribution in [0.5, 0.6) is 0 Å². The Morgan fingerprint density at radius 1 is 1.30 bits per heavy atom. The minimum atomic E-state index is -3.18. The summed E-state index contributed by atoms with van der Waals surface area (Å²) < 4.78 is 33.7. The Morgan fingerprint density at radius 3 is 2.85 bits per heavy atom. The van der Waals surface area contributed by atoms with Crippen molar-refractivity contribution in [3.05, 3.63) is 18.4 Å². The maximum Gasteiger partial charge on any atom is 0.322 e. The van der Waals surface area contributed by atoms with Crippen LogP contribution in [0.1, 0.15) is 19.3 Å². The molecular formula is C15H15N5O6S. The van der Waals surface area contributed by atoms with Crippen molar-refractivity contribution in [2.24, 2.45) is 5.10 Å². The summed E-state index contributed by atoms with van der Waals surface area (Å²) in [6.45, 7) is 0. The van der Waals surface area contributed by atoms with E-state index < -0.39 is 21.8 Å². The van der Waals surface area contributed by atoms with Gasteiger partial charge in [0.15, 0.2) is 15.6 Å². The Balaban J connectivity index is 1.48. The van der Waals surface area contributed by atoms with Crippen molar-refractivity contribution < 1.29 is 26.8 Å². The highest BCUT2D eigenvalue weighted by molar-refractivity contribution is 7.91. The molecule has 2 amide bonds. The van der Waals surface area contributed by atoms with Gasteiger partial charge in [0.2, 0.25) is 5.91 Å². The molecule has 0 saturated carbocycles. The average molecular weight is 393 g/mol. The lowest BCUT2D eigenvalue weighted by atomic mass is 10.1. The summed E-state index contributed by atoms with van der Waals surface area (Å²) in [7, 11) is -3.18. The van der Waals surface area contributed by atoms with Gasteiger partial charge in [0.05, 0.1) is 23.8 Å². The van der Waals surface area contributed by atoms with Crippen LogP contribution in [0.25, 0.3) is 11.7 Å².